The van der Waals surface area contributed by atoms with Gasteiger partial charge in [-0.15, -0.1) is 0 Å². The molecule has 0 amide bonds. The van der Waals surface area contributed by atoms with Gasteiger partial charge in [-0.25, -0.2) is 0 Å². The molecule has 3 atom stereocenters. The van der Waals surface area contributed by atoms with Crippen molar-refractivity contribution in [3.63, 3.8) is 0 Å². The van der Waals surface area contributed by atoms with Gasteiger partial charge in [0.2, 0.25) is 0 Å². The van der Waals surface area contributed by atoms with E-state index in [-0.39, 0.29) is 5.41 Å². The van der Waals surface area contributed by atoms with Crippen LogP contribution in [0.3, 0.4) is 0 Å². The summed E-state index contributed by atoms with van der Waals surface area (Å²) >= 11 is 0. The van der Waals surface area contributed by atoms with Crippen LogP contribution in [0.5, 0.6) is 0 Å². The van der Waals surface area contributed by atoms with E-state index in [2.05, 4.69) is 43.5 Å². The highest BCUT2D eigenvalue weighted by Gasteiger charge is 2.39. The summed E-state index contributed by atoms with van der Waals surface area (Å²) in [5, 5.41) is 4.41. The van der Waals surface area contributed by atoms with E-state index in [0.717, 1.165) is 18.9 Å². The molecule has 0 saturated heterocycles. The molecule has 1 aromatic rings. The summed E-state index contributed by atoms with van der Waals surface area (Å²) in [6.07, 6.45) is 5.62. The Morgan fingerprint density at radius 2 is 2.17 bits per heavy atom. The Hall–Kier alpha value is -0.830. The summed E-state index contributed by atoms with van der Waals surface area (Å²) in [5.41, 5.74) is 7.87. The van der Waals surface area contributed by atoms with E-state index < -0.39 is 0 Å². The average molecular weight is 249 g/mol. The highest BCUT2D eigenvalue weighted by Crippen LogP contribution is 2.41. The van der Waals surface area contributed by atoms with Crippen molar-refractivity contribution < 1.29 is 0 Å². The van der Waals surface area contributed by atoms with E-state index in [1.807, 2.05) is 6.20 Å². The minimum atomic E-state index is 0.117. The number of rotatable bonds is 3. The van der Waals surface area contributed by atoms with Crippen molar-refractivity contribution in [3.05, 3.63) is 18.0 Å². The maximum Gasteiger partial charge on any atom is 0.0492 e. The van der Waals surface area contributed by atoms with E-state index in [1.165, 1.54) is 18.5 Å². The van der Waals surface area contributed by atoms with Gasteiger partial charge >= 0.3 is 0 Å². The Kier molecular flexibility index (Phi) is 3.81. The number of aryl methyl sites for hydroxylation is 1. The van der Waals surface area contributed by atoms with Crippen LogP contribution < -0.4 is 5.73 Å². The third-order valence-electron chi connectivity index (χ3n) is 4.77. The molecule has 0 radical (unpaired) electrons. The molecule has 1 aliphatic carbocycles. The molecule has 1 fully saturated rings. The van der Waals surface area contributed by atoms with Crippen LogP contribution in [0.1, 0.15) is 52.7 Å². The van der Waals surface area contributed by atoms with Crippen LogP contribution in [0.4, 0.5) is 0 Å². The third kappa shape index (κ3) is 2.33. The van der Waals surface area contributed by atoms with Crippen LogP contribution >= 0.6 is 0 Å². The molecule has 0 aliphatic heterocycles. The smallest absolute Gasteiger partial charge is 0.0492 e. The first kappa shape index (κ1) is 13.6. The first-order valence-electron chi connectivity index (χ1n) is 7.24. The van der Waals surface area contributed by atoms with Crippen molar-refractivity contribution in [2.24, 2.45) is 17.6 Å². The van der Waals surface area contributed by atoms with Gasteiger partial charge in [-0.3, -0.25) is 4.68 Å². The lowest BCUT2D eigenvalue weighted by Crippen LogP contribution is -2.46. The van der Waals surface area contributed by atoms with Crippen LogP contribution in [0.25, 0.3) is 0 Å². The fourth-order valence-electron chi connectivity index (χ4n) is 3.64. The van der Waals surface area contributed by atoms with Crippen molar-refractivity contribution in [1.29, 1.82) is 0 Å². The molecule has 18 heavy (non-hydrogen) atoms. The lowest BCUT2D eigenvalue weighted by Gasteiger charge is -2.42. The summed E-state index contributed by atoms with van der Waals surface area (Å²) in [6.45, 7) is 10.1. The molecule has 0 bridgehead atoms. The Bertz CT molecular complexity index is 394. The summed E-state index contributed by atoms with van der Waals surface area (Å²) in [5.74, 6) is 1.35. The maximum atomic E-state index is 6.42. The SMILES string of the molecule is CCn1nccc1C(C)(C)C1CCC(C)CC1N. The zero-order valence-corrected chi connectivity index (χ0v) is 12.2. The number of aromatic nitrogens is 2. The topological polar surface area (TPSA) is 43.8 Å². The molecule has 3 nitrogen and oxygen atoms in total. The first-order valence-corrected chi connectivity index (χ1v) is 7.24. The normalized spacial score (nSPS) is 29.5. The summed E-state index contributed by atoms with van der Waals surface area (Å²) in [7, 11) is 0. The highest BCUT2D eigenvalue weighted by molar-refractivity contribution is 5.17. The molecule has 102 valence electrons. The van der Waals surface area contributed by atoms with E-state index in [4.69, 9.17) is 5.73 Å². The highest BCUT2D eigenvalue weighted by atomic mass is 15.3. The summed E-state index contributed by atoms with van der Waals surface area (Å²) < 4.78 is 2.12. The van der Waals surface area contributed by atoms with Crippen molar-refractivity contribution in [2.45, 2.75) is 65.0 Å². The zero-order valence-electron chi connectivity index (χ0n) is 12.2. The molecule has 3 heteroatoms. The lowest BCUT2D eigenvalue weighted by atomic mass is 9.65. The summed E-state index contributed by atoms with van der Waals surface area (Å²) in [4.78, 5) is 0. The van der Waals surface area contributed by atoms with Crippen molar-refractivity contribution >= 4 is 0 Å². The monoisotopic (exact) mass is 249 g/mol. The van der Waals surface area contributed by atoms with Crippen molar-refractivity contribution in [2.75, 3.05) is 0 Å². The van der Waals surface area contributed by atoms with Gasteiger partial charge < -0.3 is 5.73 Å². The number of hydrogen-bond donors (Lipinski definition) is 1. The number of nitrogens with zero attached hydrogens (tertiary/aromatic N) is 2. The molecule has 1 saturated carbocycles. The number of hydrogen-bond acceptors (Lipinski definition) is 2. The second-order valence-corrected chi connectivity index (χ2v) is 6.44. The Morgan fingerprint density at radius 1 is 1.44 bits per heavy atom. The quantitative estimate of drug-likeness (QED) is 0.895. The molecule has 2 N–H and O–H groups in total. The number of nitrogens with two attached hydrogens (primary N) is 1. The van der Waals surface area contributed by atoms with Gasteiger partial charge in [0, 0.05) is 29.9 Å². The fraction of sp³-hybridized carbons (Fsp3) is 0.800. The van der Waals surface area contributed by atoms with Crippen LogP contribution in [0, 0.1) is 11.8 Å². The van der Waals surface area contributed by atoms with Crippen LogP contribution in [0.15, 0.2) is 12.3 Å². The standard InChI is InChI=1S/C15H27N3/c1-5-18-14(8-9-17-18)15(3,4)12-7-6-11(2)10-13(12)16/h8-9,11-13H,5-7,10,16H2,1-4H3. The maximum absolute atomic E-state index is 6.42. The first-order chi connectivity index (χ1) is 8.46. The molecule has 3 unspecified atom stereocenters. The predicted molar refractivity (Wildman–Crippen MR) is 75.4 cm³/mol. The predicted octanol–water partition coefficient (Wildman–Crippen LogP) is 2.94. The van der Waals surface area contributed by atoms with E-state index in [1.54, 1.807) is 0 Å². The zero-order chi connectivity index (χ0) is 13.3. The van der Waals surface area contributed by atoms with Crippen LogP contribution in [-0.4, -0.2) is 15.8 Å². The van der Waals surface area contributed by atoms with Crippen molar-refractivity contribution in [1.82, 2.24) is 9.78 Å². The van der Waals surface area contributed by atoms with Gasteiger partial charge in [-0.1, -0.05) is 27.2 Å². The van der Waals surface area contributed by atoms with Crippen LogP contribution in [-0.2, 0) is 12.0 Å². The molecular weight excluding hydrogens is 222 g/mol. The molecule has 1 aromatic heterocycles. The Morgan fingerprint density at radius 3 is 2.78 bits per heavy atom. The Balaban J connectivity index is 2.25. The molecule has 2 rings (SSSR count). The molecular formula is C15H27N3. The second kappa shape index (κ2) is 5.04. The van der Waals surface area contributed by atoms with Crippen molar-refractivity contribution in [3.8, 4) is 0 Å². The van der Waals surface area contributed by atoms with Gasteiger partial charge in [0.1, 0.15) is 0 Å². The Labute approximate surface area is 111 Å². The molecule has 1 heterocycles. The molecule has 0 aromatic carbocycles. The van der Waals surface area contributed by atoms with Gasteiger partial charge in [0.15, 0.2) is 0 Å². The van der Waals surface area contributed by atoms with E-state index in [9.17, 15) is 0 Å². The van der Waals surface area contributed by atoms with Crippen LogP contribution in [0.2, 0.25) is 0 Å². The van der Waals surface area contributed by atoms with Gasteiger partial charge in [-0.05, 0) is 37.7 Å². The third-order valence-corrected chi connectivity index (χ3v) is 4.77. The minimum Gasteiger partial charge on any atom is -0.327 e. The van der Waals surface area contributed by atoms with E-state index in [0.29, 0.717) is 12.0 Å². The van der Waals surface area contributed by atoms with Gasteiger partial charge in [0.05, 0.1) is 0 Å². The largest absolute Gasteiger partial charge is 0.327 e. The second-order valence-electron chi connectivity index (χ2n) is 6.44. The minimum absolute atomic E-state index is 0.117. The average Bonchev–Trinajstić information content (AvgIpc) is 2.76. The van der Waals surface area contributed by atoms with E-state index >= 15 is 0 Å². The fourth-order valence-corrected chi connectivity index (χ4v) is 3.64. The van der Waals surface area contributed by atoms with Gasteiger partial charge in [-0.2, -0.15) is 5.10 Å². The van der Waals surface area contributed by atoms with Gasteiger partial charge in [0.25, 0.3) is 0 Å². The molecule has 0 spiro atoms. The lowest BCUT2D eigenvalue weighted by molar-refractivity contribution is 0.164. The molecule has 1 aliphatic rings. The summed E-state index contributed by atoms with van der Waals surface area (Å²) in [6, 6.07) is 2.48.